The standard InChI is InChI=1S/C8H4F3NO/c9-8(10,11)5-2-1-3-6-7(5)12-4-13-6/h1-4H. The number of aromatic nitrogens is 1. The molecular formula is C8H4F3NO. The first kappa shape index (κ1) is 8.10. The summed E-state index contributed by atoms with van der Waals surface area (Å²) < 4.78 is 41.7. The molecule has 1 aromatic carbocycles. The molecule has 0 aliphatic rings. The van der Waals surface area contributed by atoms with Gasteiger partial charge >= 0.3 is 6.18 Å². The van der Waals surface area contributed by atoms with E-state index in [1.165, 1.54) is 12.1 Å². The van der Waals surface area contributed by atoms with E-state index in [0.29, 0.717) is 0 Å². The Morgan fingerprint density at radius 1 is 1.23 bits per heavy atom. The van der Waals surface area contributed by atoms with Crippen LogP contribution in [0.2, 0.25) is 0 Å². The molecule has 2 nitrogen and oxygen atoms in total. The summed E-state index contributed by atoms with van der Waals surface area (Å²) >= 11 is 0. The van der Waals surface area contributed by atoms with Gasteiger partial charge in [0.05, 0.1) is 5.56 Å². The van der Waals surface area contributed by atoms with Crippen LogP contribution in [0.5, 0.6) is 0 Å². The second kappa shape index (κ2) is 2.48. The first-order valence-corrected chi connectivity index (χ1v) is 3.48. The summed E-state index contributed by atoms with van der Waals surface area (Å²) in [6.45, 7) is 0. The zero-order valence-electron chi connectivity index (χ0n) is 6.30. The average molecular weight is 187 g/mol. The third kappa shape index (κ3) is 1.26. The Balaban J connectivity index is 2.75. The van der Waals surface area contributed by atoms with E-state index in [2.05, 4.69) is 4.98 Å². The minimum atomic E-state index is -4.38. The van der Waals surface area contributed by atoms with Gasteiger partial charge in [-0.05, 0) is 12.1 Å². The summed E-state index contributed by atoms with van der Waals surface area (Å²) in [7, 11) is 0. The molecule has 0 N–H and O–H groups in total. The predicted octanol–water partition coefficient (Wildman–Crippen LogP) is 2.85. The van der Waals surface area contributed by atoms with Gasteiger partial charge in [-0.15, -0.1) is 0 Å². The van der Waals surface area contributed by atoms with Crippen LogP contribution in [0.25, 0.3) is 11.1 Å². The maximum Gasteiger partial charge on any atom is 0.418 e. The molecule has 5 heteroatoms. The van der Waals surface area contributed by atoms with E-state index in [-0.39, 0.29) is 11.1 Å². The number of hydrogen-bond acceptors (Lipinski definition) is 2. The number of rotatable bonds is 0. The Morgan fingerprint density at radius 2 is 2.00 bits per heavy atom. The molecule has 0 bridgehead atoms. The van der Waals surface area contributed by atoms with Gasteiger partial charge in [0.15, 0.2) is 12.0 Å². The van der Waals surface area contributed by atoms with Gasteiger partial charge in [0.2, 0.25) is 0 Å². The van der Waals surface area contributed by atoms with Crippen LogP contribution in [-0.4, -0.2) is 4.98 Å². The van der Waals surface area contributed by atoms with Crippen LogP contribution < -0.4 is 0 Å². The van der Waals surface area contributed by atoms with Crippen LogP contribution in [0.15, 0.2) is 29.0 Å². The average Bonchev–Trinajstić information content (AvgIpc) is 2.48. The molecule has 2 rings (SSSR count). The fourth-order valence-electron chi connectivity index (χ4n) is 1.12. The van der Waals surface area contributed by atoms with Crippen molar-refractivity contribution in [1.29, 1.82) is 0 Å². The number of fused-ring (bicyclic) bond motifs is 1. The fourth-order valence-corrected chi connectivity index (χ4v) is 1.12. The lowest BCUT2D eigenvalue weighted by Gasteiger charge is -2.05. The SMILES string of the molecule is FC(F)(F)c1cccc2ocnc12. The Bertz CT molecular complexity index is 432. The highest BCUT2D eigenvalue weighted by atomic mass is 19.4. The summed E-state index contributed by atoms with van der Waals surface area (Å²) in [6.07, 6.45) is -3.38. The maximum absolute atomic E-state index is 12.3. The number of hydrogen-bond donors (Lipinski definition) is 0. The molecule has 0 saturated carbocycles. The Labute approximate surface area is 71.0 Å². The third-order valence-corrected chi connectivity index (χ3v) is 1.67. The molecule has 0 aliphatic carbocycles. The number of para-hydroxylation sites is 1. The van der Waals surface area contributed by atoms with Crippen molar-refractivity contribution in [3.05, 3.63) is 30.2 Å². The van der Waals surface area contributed by atoms with Crippen LogP contribution in [0.3, 0.4) is 0 Å². The molecule has 0 radical (unpaired) electrons. The van der Waals surface area contributed by atoms with Crippen molar-refractivity contribution in [2.75, 3.05) is 0 Å². The monoisotopic (exact) mass is 187 g/mol. The van der Waals surface area contributed by atoms with Crippen LogP contribution in [0, 0.1) is 0 Å². The molecule has 0 amide bonds. The lowest BCUT2D eigenvalue weighted by atomic mass is 10.2. The number of alkyl halides is 3. The predicted molar refractivity (Wildman–Crippen MR) is 39.0 cm³/mol. The molecule has 68 valence electrons. The first-order chi connectivity index (χ1) is 6.09. The molecule has 0 fully saturated rings. The lowest BCUT2D eigenvalue weighted by Crippen LogP contribution is -2.05. The quantitative estimate of drug-likeness (QED) is 0.633. The van der Waals surface area contributed by atoms with Gasteiger partial charge in [-0.25, -0.2) is 4.98 Å². The fraction of sp³-hybridized carbons (Fsp3) is 0.125. The van der Waals surface area contributed by atoms with Crippen molar-refractivity contribution in [2.45, 2.75) is 6.18 Å². The maximum atomic E-state index is 12.3. The Morgan fingerprint density at radius 3 is 2.69 bits per heavy atom. The van der Waals surface area contributed by atoms with Gasteiger partial charge in [-0.3, -0.25) is 0 Å². The molecule has 0 spiro atoms. The minimum Gasteiger partial charge on any atom is -0.443 e. The molecule has 1 heterocycles. The van der Waals surface area contributed by atoms with Crippen molar-refractivity contribution in [3.8, 4) is 0 Å². The summed E-state index contributed by atoms with van der Waals surface area (Å²) in [5, 5.41) is 0. The minimum absolute atomic E-state index is 0.144. The first-order valence-electron chi connectivity index (χ1n) is 3.48. The summed E-state index contributed by atoms with van der Waals surface area (Å²) in [5.74, 6) is 0. The van der Waals surface area contributed by atoms with Crippen LogP contribution in [0.1, 0.15) is 5.56 Å². The molecule has 2 aromatic rings. The van der Waals surface area contributed by atoms with E-state index < -0.39 is 11.7 Å². The molecule has 13 heavy (non-hydrogen) atoms. The van der Waals surface area contributed by atoms with Crippen LogP contribution >= 0.6 is 0 Å². The lowest BCUT2D eigenvalue weighted by molar-refractivity contribution is -0.136. The van der Waals surface area contributed by atoms with Gasteiger partial charge < -0.3 is 4.42 Å². The normalized spacial score (nSPS) is 12.2. The van der Waals surface area contributed by atoms with E-state index in [9.17, 15) is 13.2 Å². The van der Waals surface area contributed by atoms with E-state index in [1.807, 2.05) is 0 Å². The highest BCUT2D eigenvalue weighted by molar-refractivity contribution is 5.76. The van der Waals surface area contributed by atoms with Gasteiger partial charge in [0.1, 0.15) is 5.52 Å². The molecule has 0 unspecified atom stereocenters. The zero-order valence-corrected chi connectivity index (χ0v) is 6.30. The van der Waals surface area contributed by atoms with Crippen molar-refractivity contribution in [2.24, 2.45) is 0 Å². The van der Waals surface area contributed by atoms with E-state index in [1.54, 1.807) is 0 Å². The number of halogens is 3. The van der Waals surface area contributed by atoms with Crippen LogP contribution in [-0.2, 0) is 6.18 Å². The Hall–Kier alpha value is -1.52. The number of oxazole rings is 1. The van der Waals surface area contributed by atoms with Gasteiger partial charge in [0, 0.05) is 0 Å². The molecule has 1 aromatic heterocycles. The van der Waals surface area contributed by atoms with E-state index in [4.69, 9.17) is 4.42 Å². The molecule has 0 saturated heterocycles. The molecule has 0 atom stereocenters. The molecular weight excluding hydrogens is 183 g/mol. The smallest absolute Gasteiger partial charge is 0.418 e. The van der Waals surface area contributed by atoms with Crippen molar-refractivity contribution in [1.82, 2.24) is 4.98 Å². The van der Waals surface area contributed by atoms with Crippen molar-refractivity contribution >= 4 is 11.1 Å². The highest BCUT2D eigenvalue weighted by Gasteiger charge is 2.33. The van der Waals surface area contributed by atoms with Crippen molar-refractivity contribution < 1.29 is 17.6 Å². The topological polar surface area (TPSA) is 26.0 Å². The van der Waals surface area contributed by atoms with Crippen molar-refractivity contribution in [3.63, 3.8) is 0 Å². The highest BCUT2D eigenvalue weighted by Crippen LogP contribution is 2.33. The zero-order chi connectivity index (χ0) is 9.47. The summed E-state index contributed by atoms with van der Waals surface area (Å²) in [4.78, 5) is 3.50. The second-order valence-corrected chi connectivity index (χ2v) is 2.50. The van der Waals surface area contributed by atoms with Crippen LogP contribution in [0.4, 0.5) is 13.2 Å². The largest absolute Gasteiger partial charge is 0.443 e. The van der Waals surface area contributed by atoms with Gasteiger partial charge in [0.25, 0.3) is 0 Å². The number of benzene rings is 1. The summed E-state index contributed by atoms with van der Waals surface area (Å²) in [6, 6.07) is 3.71. The van der Waals surface area contributed by atoms with Gasteiger partial charge in [-0.2, -0.15) is 13.2 Å². The Kier molecular flexibility index (Phi) is 1.55. The van der Waals surface area contributed by atoms with E-state index in [0.717, 1.165) is 12.5 Å². The second-order valence-electron chi connectivity index (χ2n) is 2.50. The summed E-state index contributed by atoms with van der Waals surface area (Å²) in [5.41, 5.74) is -0.761. The third-order valence-electron chi connectivity index (χ3n) is 1.67. The number of nitrogens with zero attached hydrogens (tertiary/aromatic N) is 1. The van der Waals surface area contributed by atoms with E-state index >= 15 is 0 Å². The van der Waals surface area contributed by atoms with Gasteiger partial charge in [-0.1, -0.05) is 6.07 Å². The molecule has 0 aliphatic heterocycles.